The highest BCUT2D eigenvalue weighted by Gasteiger charge is 2.09. The quantitative estimate of drug-likeness (QED) is 0.498. The second-order valence-electron chi connectivity index (χ2n) is 6.16. The lowest BCUT2D eigenvalue weighted by Gasteiger charge is -2.26. The smallest absolute Gasteiger partial charge is 0.221 e. The zero-order valence-electron chi connectivity index (χ0n) is 13.7. The van der Waals surface area contributed by atoms with Crippen molar-refractivity contribution in [2.45, 2.75) is 38.5 Å². The molecule has 2 aliphatic rings. The molecule has 0 saturated carbocycles. The van der Waals surface area contributed by atoms with Crippen molar-refractivity contribution in [1.82, 2.24) is 15.5 Å². The minimum absolute atomic E-state index is 0.162. The summed E-state index contributed by atoms with van der Waals surface area (Å²) in [5, 5.41) is 6.37. The molecule has 0 bridgehead atoms. The fourth-order valence-corrected chi connectivity index (χ4v) is 2.97. The zero-order chi connectivity index (χ0) is 15.5. The van der Waals surface area contributed by atoms with Crippen LogP contribution in [0.1, 0.15) is 38.5 Å². The maximum atomic E-state index is 11.8. The Hall–Kier alpha value is -0.910. The van der Waals surface area contributed by atoms with Gasteiger partial charge in [0.05, 0.1) is 13.2 Å². The summed E-state index contributed by atoms with van der Waals surface area (Å²) in [6.45, 7) is 7.28. The number of allylic oxidation sites excluding steroid dienone is 1. The van der Waals surface area contributed by atoms with Crippen molar-refractivity contribution in [3.05, 3.63) is 11.6 Å². The van der Waals surface area contributed by atoms with Crippen LogP contribution >= 0.6 is 0 Å². The SMILES string of the molecule is O=C(CCNCCN1CCOCC1)NCCC1=CCCCC1. The van der Waals surface area contributed by atoms with Crippen molar-refractivity contribution in [3.8, 4) is 0 Å². The van der Waals surface area contributed by atoms with Gasteiger partial charge in [0.15, 0.2) is 0 Å². The van der Waals surface area contributed by atoms with E-state index in [-0.39, 0.29) is 5.91 Å². The van der Waals surface area contributed by atoms with Gasteiger partial charge in [0, 0.05) is 45.7 Å². The first-order valence-corrected chi connectivity index (χ1v) is 8.80. The Bertz CT molecular complexity index is 352. The third-order valence-corrected chi connectivity index (χ3v) is 4.39. The Morgan fingerprint density at radius 1 is 1.18 bits per heavy atom. The van der Waals surface area contributed by atoms with E-state index in [1.165, 1.54) is 31.3 Å². The highest BCUT2D eigenvalue weighted by molar-refractivity contribution is 5.76. The van der Waals surface area contributed by atoms with Crippen LogP contribution in [0.4, 0.5) is 0 Å². The van der Waals surface area contributed by atoms with Gasteiger partial charge >= 0.3 is 0 Å². The zero-order valence-corrected chi connectivity index (χ0v) is 13.7. The van der Waals surface area contributed by atoms with Gasteiger partial charge in [-0.2, -0.15) is 0 Å². The van der Waals surface area contributed by atoms with E-state index in [0.717, 1.165) is 58.9 Å². The summed E-state index contributed by atoms with van der Waals surface area (Å²) < 4.78 is 5.32. The van der Waals surface area contributed by atoms with Crippen molar-refractivity contribution in [3.63, 3.8) is 0 Å². The highest BCUT2D eigenvalue weighted by atomic mass is 16.5. The van der Waals surface area contributed by atoms with E-state index in [2.05, 4.69) is 21.6 Å². The van der Waals surface area contributed by atoms with Crippen LogP contribution in [0.3, 0.4) is 0 Å². The molecule has 2 rings (SSSR count). The number of carbonyl (C=O) groups excluding carboxylic acids is 1. The Morgan fingerprint density at radius 3 is 2.82 bits per heavy atom. The van der Waals surface area contributed by atoms with Crippen LogP contribution < -0.4 is 10.6 Å². The van der Waals surface area contributed by atoms with Gasteiger partial charge < -0.3 is 15.4 Å². The number of hydrogen-bond acceptors (Lipinski definition) is 4. The maximum Gasteiger partial charge on any atom is 0.221 e. The Labute approximate surface area is 134 Å². The van der Waals surface area contributed by atoms with Gasteiger partial charge in [0.1, 0.15) is 0 Å². The van der Waals surface area contributed by atoms with Crippen LogP contribution in [0, 0.1) is 0 Å². The molecule has 0 aromatic rings. The van der Waals surface area contributed by atoms with E-state index >= 15 is 0 Å². The standard InChI is InChI=1S/C17H31N3O2/c21-17(19-9-6-16-4-2-1-3-5-16)7-8-18-10-11-20-12-14-22-15-13-20/h4,18H,1-3,5-15H2,(H,19,21). The number of nitrogens with zero attached hydrogens (tertiary/aromatic N) is 1. The van der Waals surface area contributed by atoms with Crippen molar-refractivity contribution < 1.29 is 9.53 Å². The lowest BCUT2D eigenvalue weighted by Crippen LogP contribution is -2.40. The van der Waals surface area contributed by atoms with Gasteiger partial charge in [0.25, 0.3) is 0 Å². The molecule has 0 atom stereocenters. The molecule has 1 aliphatic heterocycles. The summed E-state index contributed by atoms with van der Waals surface area (Å²) in [6, 6.07) is 0. The average molecular weight is 309 g/mol. The van der Waals surface area contributed by atoms with Crippen molar-refractivity contribution >= 4 is 5.91 Å². The lowest BCUT2D eigenvalue weighted by molar-refractivity contribution is -0.120. The van der Waals surface area contributed by atoms with Crippen molar-refractivity contribution in [2.75, 3.05) is 52.5 Å². The maximum absolute atomic E-state index is 11.8. The number of rotatable bonds is 9. The van der Waals surface area contributed by atoms with Crippen LogP contribution in [-0.4, -0.2) is 63.3 Å². The number of amides is 1. The summed E-state index contributed by atoms with van der Waals surface area (Å²) >= 11 is 0. The molecule has 0 unspecified atom stereocenters. The third kappa shape index (κ3) is 7.38. The monoisotopic (exact) mass is 309 g/mol. The van der Waals surface area contributed by atoms with Crippen molar-refractivity contribution in [1.29, 1.82) is 0 Å². The predicted octanol–water partition coefficient (Wildman–Crippen LogP) is 1.31. The molecule has 5 heteroatoms. The second kappa shape index (κ2) is 10.8. The molecule has 0 radical (unpaired) electrons. The molecule has 0 spiro atoms. The molecule has 1 heterocycles. The molecule has 0 aromatic heterocycles. The molecule has 2 N–H and O–H groups in total. The largest absolute Gasteiger partial charge is 0.379 e. The molecule has 1 fully saturated rings. The van der Waals surface area contributed by atoms with Crippen molar-refractivity contribution in [2.24, 2.45) is 0 Å². The molecule has 1 saturated heterocycles. The summed E-state index contributed by atoms with van der Waals surface area (Å²) in [7, 11) is 0. The highest BCUT2D eigenvalue weighted by Crippen LogP contribution is 2.19. The van der Waals surface area contributed by atoms with Gasteiger partial charge in [0.2, 0.25) is 5.91 Å². The predicted molar refractivity (Wildman–Crippen MR) is 88.9 cm³/mol. The lowest BCUT2D eigenvalue weighted by atomic mass is 9.97. The minimum atomic E-state index is 0.162. The van der Waals surface area contributed by atoms with E-state index in [0.29, 0.717) is 6.42 Å². The van der Waals surface area contributed by atoms with E-state index in [1.54, 1.807) is 0 Å². The minimum Gasteiger partial charge on any atom is -0.379 e. The van der Waals surface area contributed by atoms with Gasteiger partial charge in [-0.25, -0.2) is 0 Å². The summed E-state index contributed by atoms with van der Waals surface area (Å²) in [6.07, 6.45) is 9.02. The number of hydrogen-bond donors (Lipinski definition) is 2. The Kier molecular flexibility index (Phi) is 8.53. The summed E-state index contributed by atoms with van der Waals surface area (Å²) in [5.74, 6) is 0.162. The average Bonchev–Trinajstić information content (AvgIpc) is 2.56. The molecule has 5 nitrogen and oxygen atoms in total. The second-order valence-corrected chi connectivity index (χ2v) is 6.16. The van der Waals surface area contributed by atoms with Crippen LogP contribution in [0.5, 0.6) is 0 Å². The van der Waals surface area contributed by atoms with Gasteiger partial charge in [-0.15, -0.1) is 0 Å². The van der Waals surface area contributed by atoms with E-state index in [4.69, 9.17) is 4.74 Å². The molecule has 1 amide bonds. The van der Waals surface area contributed by atoms with Gasteiger partial charge in [-0.3, -0.25) is 9.69 Å². The Morgan fingerprint density at radius 2 is 2.05 bits per heavy atom. The topological polar surface area (TPSA) is 53.6 Å². The molecule has 1 aliphatic carbocycles. The number of ether oxygens (including phenoxy) is 1. The molecule has 126 valence electrons. The molecule has 0 aromatic carbocycles. The van der Waals surface area contributed by atoms with E-state index in [9.17, 15) is 4.79 Å². The Balaban J connectivity index is 1.41. The summed E-state index contributed by atoms with van der Waals surface area (Å²) in [4.78, 5) is 14.1. The van der Waals surface area contributed by atoms with Crippen LogP contribution in [-0.2, 0) is 9.53 Å². The van der Waals surface area contributed by atoms with Gasteiger partial charge in [-0.05, 0) is 32.1 Å². The van der Waals surface area contributed by atoms with Gasteiger partial charge in [-0.1, -0.05) is 11.6 Å². The molecule has 22 heavy (non-hydrogen) atoms. The number of morpholine rings is 1. The third-order valence-electron chi connectivity index (χ3n) is 4.39. The first-order chi connectivity index (χ1) is 10.8. The number of carbonyl (C=O) groups is 1. The molecular weight excluding hydrogens is 278 g/mol. The van der Waals surface area contributed by atoms with E-state index in [1.807, 2.05) is 0 Å². The van der Waals surface area contributed by atoms with E-state index < -0.39 is 0 Å². The molecular formula is C17H31N3O2. The number of nitrogens with one attached hydrogen (secondary N) is 2. The first-order valence-electron chi connectivity index (χ1n) is 8.80. The van der Waals surface area contributed by atoms with Crippen LogP contribution in [0.15, 0.2) is 11.6 Å². The van der Waals surface area contributed by atoms with Crippen LogP contribution in [0.25, 0.3) is 0 Å². The van der Waals surface area contributed by atoms with Crippen LogP contribution in [0.2, 0.25) is 0 Å². The fourth-order valence-electron chi connectivity index (χ4n) is 2.97. The fraction of sp³-hybridized carbons (Fsp3) is 0.824. The normalized spacial score (nSPS) is 19.7. The summed E-state index contributed by atoms with van der Waals surface area (Å²) in [5.41, 5.74) is 1.52. The first kappa shape index (κ1) is 17.4.